The van der Waals surface area contributed by atoms with Gasteiger partial charge in [-0.3, -0.25) is 28.8 Å². The van der Waals surface area contributed by atoms with E-state index in [9.17, 15) is 28.8 Å². The first-order valence-electron chi connectivity index (χ1n) is 11.5. The van der Waals surface area contributed by atoms with Gasteiger partial charge in [-0.25, -0.2) is 0 Å². The van der Waals surface area contributed by atoms with Gasteiger partial charge in [0.1, 0.15) is 18.1 Å². The Balaban J connectivity index is 4.89. The van der Waals surface area contributed by atoms with Crippen LogP contribution in [-0.2, 0) is 28.8 Å². The summed E-state index contributed by atoms with van der Waals surface area (Å²) in [5.41, 5.74) is 5.72. The molecule has 0 aliphatic heterocycles. The third kappa shape index (κ3) is 11.7. The zero-order chi connectivity index (χ0) is 27.5. The van der Waals surface area contributed by atoms with Gasteiger partial charge in [0.15, 0.2) is 0 Å². The number of rotatable bonds is 14. The highest BCUT2D eigenvalue weighted by Crippen LogP contribution is 2.04. The zero-order valence-electron chi connectivity index (χ0n) is 21.4. The van der Waals surface area contributed by atoms with E-state index in [0.717, 1.165) is 0 Å². The van der Waals surface area contributed by atoms with Crippen molar-refractivity contribution in [3.8, 4) is 0 Å². The Hall–Kier alpha value is -3.22. The molecule has 0 radical (unpaired) electrons. The van der Waals surface area contributed by atoms with Gasteiger partial charge in [0, 0.05) is 0 Å². The molecule has 0 aliphatic rings. The second-order valence-electron chi connectivity index (χ2n) is 9.35. The van der Waals surface area contributed by atoms with Crippen LogP contribution in [0.15, 0.2) is 0 Å². The van der Waals surface area contributed by atoms with Crippen LogP contribution in [0.3, 0.4) is 0 Å². The lowest BCUT2D eigenvalue weighted by Crippen LogP contribution is -2.56. The van der Waals surface area contributed by atoms with Crippen LogP contribution in [0.5, 0.6) is 0 Å². The number of nitrogens with two attached hydrogens (primary N) is 1. The minimum absolute atomic E-state index is 0.111. The average molecular weight is 501 g/mol. The largest absolute Gasteiger partial charge is 0.480 e. The number of carbonyl (C=O) groups is 6. The highest BCUT2D eigenvalue weighted by Gasteiger charge is 2.28. The van der Waals surface area contributed by atoms with Crippen LogP contribution in [0.4, 0.5) is 0 Å². The minimum atomic E-state index is -1.22. The number of aliphatic carboxylic acids is 1. The van der Waals surface area contributed by atoms with Crippen LogP contribution in [0, 0.1) is 17.8 Å². The number of hydrogen-bond acceptors (Lipinski definition) is 7. The van der Waals surface area contributed by atoms with Crippen LogP contribution in [0.25, 0.3) is 0 Å². The second-order valence-corrected chi connectivity index (χ2v) is 9.35. The molecule has 13 nitrogen and oxygen atoms in total. The molecule has 200 valence electrons. The van der Waals surface area contributed by atoms with E-state index in [-0.39, 0.29) is 24.3 Å². The molecule has 0 aliphatic carbocycles. The van der Waals surface area contributed by atoms with E-state index in [4.69, 9.17) is 10.8 Å². The topological polar surface area (TPSA) is 209 Å². The maximum atomic E-state index is 12.6. The number of hydrogen-bond donors (Lipinski definition) is 7. The Morgan fingerprint density at radius 2 is 1.03 bits per heavy atom. The van der Waals surface area contributed by atoms with E-state index in [1.54, 1.807) is 41.5 Å². The van der Waals surface area contributed by atoms with Crippen LogP contribution < -0.4 is 32.3 Å². The van der Waals surface area contributed by atoms with Crippen molar-refractivity contribution in [1.29, 1.82) is 0 Å². The quantitative estimate of drug-likeness (QED) is 0.142. The summed E-state index contributed by atoms with van der Waals surface area (Å²) in [7, 11) is 0. The maximum Gasteiger partial charge on any atom is 0.325 e. The summed E-state index contributed by atoms with van der Waals surface area (Å²) in [4.78, 5) is 72.3. The summed E-state index contributed by atoms with van der Waals surface area (Å²) in [6, 6.07) is -3.90. The Kier molecular flexibility index (Phi) is 13.5. The Bertz CT molecular complexity index is 784. The average Bonchev–Trinajstić information content (AvgIpc) is 2.76. The van der Waals surface area contributed by atoms with Crippen molar-refractivity contribution in [2.75, 3.05) is 13.1 Å². The predicted octanol–water partition coefficient (Wildman–Crippen LogP) is -1.93. The van der Waals surface area contributed by atoms with Gasteiger partial charge in [0.25, 0.3) is 0 Å². The molecular formula is C22H40N6O7. The van der Waals surface area contributed by atoms with Gasteiger partial charge < -0.3 is 37.4 Å². The lowest BCUT2D eigenvalue weighted by molar-refractivity contribution is -0.142. The highest BCUT2D eigenvalue weighted by molar-refractivity contribution is 5.94. The summed E-state index contributed by atoms with van der Waals surface area (Å²) in [6.07, 6.45) is 0. The van der Waals surface area contributed by atoms with Crippen molar-refractivity contribution in [2.24, 2.45) is 23.5 Å². The van der Waals surface area contributed by atoms with E-state index < -0.39 is 66.2 Å². The lowest BCUT2D eigenvalue weighted by Gasteiger charge is -2.24. The number of amides is 5. The summed E-state index contributed by atoms with van der Waals surface area (Å²) in [6.45, 7) is 10.7. The first-order valence-corrected chi connectivity index (χ1v) is 11.5. The molecule has 4 atom stereocenters. The molecule has 0 heterocycles. The van der Waals surface area contributed by atoms with Gasteiger partial charge in [0.2, 0.25) is 29.5 Å². The van der Waals surface area contributed by atoms with Crippen molar-refractivity contribution < 1.29 is 33.9 Å². The van der Waals surface area contributed by atoms with E-state index in [0.29, 0.717) is 0 Å². The number of carbonyl (C=O) groups excluding carboxylic acids is 5. The molecule has 8 N–H and O–H groups in total. The smallest absolute Gasteiger partial charge is 0.325 e. The third-order valence-corrected chi connectivity index (χ3v) is 5.13. The fourth-order valence-corrected chi connectivity index (χ4v) is 2.75. The SMILES string of the molecule is CC(C)[C@H](N)C(=O)NCC(=O)N[C@H](C(=O)NCC(=O)N[C@H](C(=O)N[C@@H](C)C(=O)O)C(C)C)C(C)C. The standard InChI is InChI=1S/C22H40N6O7/c1-10(2)16(23)19(31)24-8-14(29)27-17(11(3)4)20(32)25-9-15(30)28-18(12(5)6)21(33)26-13(7)22(34)35/h10-13,16-18H,8-9,23H2,1-7H3,(H,24,31)(H,25,32)(H,26,33)(H,27,29)(H,28,30)(H,34,35)/t13-,16-,17-,18-/m0/s1. The molecule has 0 fully saturated rings. The van der Waals surface area contributed by atoms with Crippen LogP contribution in [0.2, 0.25) is 0 Å². The molecule has 5 amide bonds. The van der Waals surface area contributed by atoms with E-state index in [1.807, 2.05) is 0 Å². The monoisotopic (exact) mass is 500 g/mol. The second kappa shape index (κ2) is 14.9. The summed E-state index contributed by atoms with van der Waals surface area (Å²) < 4.78 is 0. The van der Waals surface area contributed by atoms with Gasteiger partial charge in [0.05, 0.1) is 19.1 Å². The van der Waals surface area contributed by atoms with Gasteiger partial charge in [-0.2, -0.15) is 0 Å². The molecule has 0 aromatic carbocycles. The Labute approximate surface area is 205 Å². The van der Waals surface area contributed by atoms with Crippen molar-refractivity contribution in [2.45, 2.75) is 72.6 Å². The molecule has 0 aromatic heterocycles. The van der Waals surface area contributed by atoms with E-state index in [1.165, 1.54) is 6.92 Å². The third-order valence-electron chi connectivity index (χ3n) is 5.13. The molecule has 0 saturated heterocycles. The first-order chi connectivity index (χ1) is 16.1. The fraction of sp³-hybridized carbons (Fsp3) is 0.727. The number of carboxylic acids is 1. The summed E-state index contributed by atoms with van der Waals surface area (Å²) >= 11 is 0. The normalized spacial score (nSPS) is 14.5. The maximum absolute atomic E-state index is 12.6. The van der Waals surface area contributed by atoms with E-state index in [2.05, 4.69) is 26.6 Å². The molecule has 0 bridgehead atoms. The summed E-state index contributed by atoms with van der Waals surface area (Å²) in [5.74, 6) is -5.06. The molecule has 0 rings (SSSR count). The molecular weight excluding hydrogens is 460 g/mol. The fourth-order valence-electron chi connectivity index (χ4n) is 2.75. The van der Waals surface area contributed by atoms with Crippen molar-refractivity contribution in [3.05, 3.63) is 0 Å². The molecule has 0 unspecified atom stereocenters. The van der Waals surface area contributed by atoms with Gasteiger partial charge >= 0.3 is 5.97 Å². The van der Waals surface area contributed by atoms with Gasteiger partial charge in [-0.15, -0.1) is 0 Å². The van der Waals surface area contributed by atoms with Crippen molar-refractivity contribution >= 4 is 35.5 Å². The van der Waals surface area contributed by atoms with E-state index >= 15 is 0 Å². The van der Waals surface area contributed by atoms with Crippen LogP contribution in [-0.4, -0.2) is 77.9 Å². The molecule has 0 saturated carbocycles. The van der Waals surface area contributed by atoms with Crippen molar-refractivity contribution in [3.63, 3.8) is 0 Å². The van der Waals surface area contributed by atoms with Gasteiger partial charge in [-0.1, -0.05) is 41.5 Å². The zero-order valence-corrected chi connectivity index (χ0v) is 21.4. The first kappa shape index (κ1) is 31.8. The van der Waals surface area contributed by atoms with Crippen LogP contribution in [0.1, 0.15) is 48.5 Å². The van der Waals surface area contributed by atoms with Gasteiger partial charge in [-0.05, 0) is 24.7 Å². The molecule has 35 heavy (non-hydrogen) atoms. The molecule has 13 heteroatoms. The molecule has 0 spiro atoms. The lowest BCUT2D eigenvalue weighted by atomic mass is 10.0. The number of nitrogens with one attached hydrogen (secondary N) is 5. The highest BCUT2D eigenvalue weighted by atomic mass is 16.4. The summed E-state index contributed by atoms with van der Waals surface area (Å²) in [5, 5.41) is 21.0. The van der Waals surface area contributed by atoms with Crippen molar-refractivity contribution in [1.82, 2.24) is 26.6 Å². The Morgan fingerprint density at radius 3 is 1.40 bits per heavy atom. The Morgan fingerprint density at radius 1 is 0.629 bits per heavy atom. The molecule has 0 aromatic rings. The number of carboxylic acid groups (broad SMARTS) is 1. The van der Waals surface area contributed by atoms with Crippen LogP contribution >= 0.6 is 0 Å². The predicted molar refractivity (Wildman–Crippen MR) is 128 cm³/mol. The minimum Gasteiger partial charge on any atom is -0.480 e.